The Balaban J connectivity index is 1.14. The molecule has 2 amide bonds. The van der Waals surface area contributed by atoms with E-state index in [4.69, 9.17) is 18.6 Å². The average Bonchev–Trinajstić information content (AvgIpc) is 3.26. The van der Waals surface area contributed by atoms with Crippen molar-refractivity contribution in [3.63, 3.8) is 0 Å². The Morgan fingerprint density at radius 2 is 0.905 bits per heavy atom. The smallest absolute Gasteiger partial charge is 0.399 e. The van der Waals surface area contributed by atoms with Crippen molar-refractivity contribution in [1.29, 1.82) is 0 Å². The molecule has 2 aromatic rings. The van der Waals surface area contributed by atoms with Gasteiger partial charge in [-0.15, -0.1) is 0 Å². The molecule has 8 nitrogen and oxygen atoms in total. The molecule has 2 heterocycles. The van der Waals surface area contributed by atoms with Gasteiger partial charge in [-0.05, 0) is 103 Å². The van der Waals surface area contributed by atoms with Crippen LogP contribution in [0.15, 0.2) is 48.5 Å². The number of hydrogen-bond donors (Lipinski definition) is 2. The van der Waals surface area contributed by atoms with Crippen LogP contribution in [0.3, 0.4) is 0 Å². The quantitative estimate of drug-likeness (QED) is 0.282. The fraction of sp³-hybridized carbons (Fsp3) is 0.562. The molecule has 2 aromatic carbocycles. The largest absolute Gasteiger partial charge is 0.494 e. The van der Waals surface area contributed by atoms with Crippen molar-refractivity contribution >= 4 is 48.4 Å². The Bertz CT molecular complexity index is 1150. The Kier molecular flexibility index (Phi) is 9.62. The molecule has 0 saturated carbocycles. The molecule has 0 aliphatic carbocycles. The molecule has 0 atom stereocenters. The second kappa shape index (κ2) is 12.5. The summed E-state index contributed by atoms with van der Waals surface area (Å²) in [4.78, 5) is 25.1. The SMILES string of the molecule is CC1(C)OB(c2cccc(NC(=O)CCCCCCC(=O)Nc3cccc(B4OC(C)(C)C(C)(C)O4)c3)c2)OC1(C)C. The Hall–Kier alpha value is -2.65. The van der Waals surface area contributed by atoms with Crippen molar-refractivity contribution in [2.45, 2.75) is 116 Å². The molecule has 2 fully saturated rings. The number of carbonyl (C=O) groups excluding carboxylic acids is 2. The molecule has 10 heteroatoms. The molecular weight excluding hydrogens is 530 g/mol. The maximum atomic E-state index is 12.5. The summed E-state index contributed by atoms with van der Waals surface area (Å²) in [7, 11) is -0.939. The van der Waals surface area contributed by atoms with Crippen molar-refractivity contribution in [1.82, 2.24) is 0 Å². The molecule has 2 aliphatic heterocycles. The third-order valence-electron chi connectivity index (χ3n) is 8.95. The highest BCUT2D eigenvalue weighted by Gasteiger charge is 2.52. The lowest BCUT2D eigenvalue weighted by atomic mass is 9.79. The number of anilines is 2. The van der Waals surface area contributed by atoms with E-state index in [0.29, 0.717) is 12.8 Å². The second-order valence-corrected chi connectivity index (χ2v) is 13.4. The molecule has 2 N–H and O–H groups in total. The highest BCUT2D eigenvalue weighted by atomic mass is 16.7. The zero-order valence-corrected chi connectivity index (χ0v) is 26.5. The Morgan fingerprint density at radius 1 is 0.571 bits per heavy atom. The van der Waals surface area contributed by atoms with E-state index in [1.54, 1.807) is 0 Å². The number of carbonyl (C=O) groups is 2. The van der Waals surface area contributed by atoms with Gasteiger partial charge in [-0.1, -0.05) is 37.1 Å². The first-order valence-electron chi connectivity index (χ1n) is 15.1. The van der Waals surface area contributed by atoms with Gasteiger partial charge in [0, 0.05) is 24.2 Å². The first-order chi connectivity index (χ1) is 19.6. The summed E-state index contributed by atoms with van der Waals surface area (Å²) in [6, 6.07) is 15.2. The van der Waals surface area contributed by atoms with Gasteiger partial charge in [0.05, 0.1) is 22.4 Å². The third kappa shape index (κ3) is 7.64. The number of rotatable bonds is 11. The van der Waals surface area contributed by atoms with Crippen molar-refractivity contribution in [2.75, 3.05) is 10.6 Å². The first-order valence-corrected chi connectivity index (χ1v) is 15.1. The van der Waals surface area contributed by atoms with E-state index < -0.39 is 36.6 Å². The van der Waals surface area contributed by atoms with Crippen LogP contribution < -0.4 is 21.6 Å². The maximum absolute atomic E-state index is 12.5. The zero-order chi connectivity index (χ0) is 30.8. The van der Waals surface area contributed by atoms with Gasteiger partial charge in [0.1, 0.15) is 0 Å². The van der Waals surface area contributed by atoms with E-state index in [0.717, 1.165) is 48.0 Å². The molecule has 42 heavy (non-hydrogen) atoms. The molecular formula is C32H46B2N2O6. The van der Waals surface area contributed by atoms with Crippen LogP contribution in [-0.2, 0) is 28.2 Å². The molecule has 0 radical (unpaired) electrons. The van der Waals surface area contributed by atoms with Crippen LogP contribution in [0.4, 0.5) is 11.4 Å². The number of amides is 2. The van der Waals surface area contributed by atoms with Gasteiger partial charge >= 0.3 is 14.2 Å². The molecule has 2 aliphatic rings. The summed E-state index contributed by atoms with van der Waals surface area (Å²) >= 11 is 0. The lowest BCUT2D eigenvalue weighted by Gasteiger charge is -2.32. The van der Waals surface area contributed by atoms with E-state index >= 15 is 0 Å². The van der Waals surface area contributed by atoms with Crippen molar-refractivity contribution < 1.29 is 28.2 Å². The predicted octanol–water partition coefficient (Wildman–Crippen LogP) is 5.20. The Labute approximate surface area is 251 Å². The van der Waals surface area contributed by atoms with E-state index in [1.807, 2.05) is 104 Å². The van der Waals surface area contributed by atoms with Crippen LogP contribution in [0.5, 0.6) is 0 Å². The van der Waals surface area contributed by atoms with Crippen LogP contribution in [-0.4, -0.2) is 48.5 Å². The minimum atomic E-state index is -0.469. The summed E-state index contributed by atoms with van der Waals surface area (Å²) in [6.07, 6.45) is 4.15. The van der Waals surface area contributed by atoms with Crippen molar-refractivity contribution in [3.05, 3.63) is 48.5 Å². The predicted molar refractivity (Wildman–Crippen MR) is 169 cm³/mol. The van der Waals surface area contributed by atoms with Gasteiger partial charge in [0.2, 0.25) is 11.8 Å². The van der Waals surface area contributed by atoms with Crippen LogP contribution in [0.25, 0.3) is 0 Å². The highest BCUT2D eigenvalue weighted by Crippen LogP contribution is 2.37. The fourth-order valence-corrected chi connectivity index (χ4v) is 4.86. The minimum Gasteiger partial charge on any atom is -0.399 e. The summed E-state index contributed by atoms with van der Waals surface area (Å²) in [5.74, 6) is -0.0543. The van der Waals surface area contributed by atoms with Gasteiger partial charge < -0.3 is 29.3 Å². The normalized spacial score (nSPS) is 20.0. The van der Waals surface area contributed by atoms with E-state index in [9.17, 15) is 9.59 Å². The van der Waals surface area contributed by atoms with Crippen LogP contribution >= 0.6 is 0 Å². The van der Waals surface area contributed by atoms with Crippen LogP contribution in [0.1, 0.15) is 93.9 Å². The van der Waals surface area contributed by atoms with Gasteiger partial charge in [0.25, 0.3) is 0 Å². The standard InChI is InChI=1S/C32H46B2N2O6/c1-29(2)30(3,4)40-33(39-29)23-15-13-17-25(21-23)35-27(37)19-11-9-10-12-20-28(38)36-26-18-14-16-24(22-26)34-41-31(5,6)32(7,8)42-34/h13-18,21-22H,9-12,19-20H2,1-8H3,(H,35,37)(H,36,38). The lowest BCUT2D eigenvalue weighted by molar-refractivity contribution is -0.117. The topological polar surface area (TPSA) is 95.1 Å². The van der Waals surface area contributed by atoms with Crippen molar-refractivity contribution in [3.8, 4) is 0 Å². The monoisotopic (exact) mass is 576 g/mol. The average molecular weight is 576 g/mol. The van der Waals surface area contributed by atoms with Crippen molar-refractivity contribution in [2.24, 2.45) is 0 Å². The zero-order valence-electron chi connectivity index (χ0n) is 26.5. The number of unbranched alkanes of at least 4 members (excludes halogenated alkanes) is 3. The summed E-state index contributed by atoms with van der Waals surface area (Å²) in [6.45, 7) is 16.2. The Morgan fingerprint density at radius 3 is 1.24 bits per heavy atom. The third-order valence-corrected chi connectivity index (χ3v) is 8.95. The lowest BCUT2D eigenvalue weighted by Crippen LogP contribution is -2.41. The van der Waals surface area contributed by atoms with E-state index in [1.165, 1.54) is 0 Å². The number of benzene rings is 2. The summed E-state index contributed by atoms with van der Waals surface area (Å²) in [5.41, 5.74) is 1.54. The summed E-state index contributed by atoms with van der Waals surface area (Å²) < 4.78 is 24.5. The van der Waals surface area contributed by atoms with Gasteiger partial charge in [-0.3, -0.25) is 9.59 Å². The van der Waals surface area contributed by atoms with Gasteiger partial charge in [0.15, 0.2) is 0 Å². The minimum absolute atomic E-state index is 0.0271. The number of nitrogens with one attached hydrogen (secondary N) is 2. The molecule has 226 valence electrons. The van der Waals surface area contributed by atoms with Crippen LogP contribution in [0.2, 0.25) is 0 Å². The van der Waals surface area contributed by atoms with E-state index in [-0.39, 0.29) is 11.8 Å². The summed E-state index contributed by atoms with van der Waals surface area (Å²) in [5, 5.41) is 5.97. The van der Waals surface area contributed by atoms with Crippen LogP contribution in [0, 0.1) is 0 Å². The van der Waals surface area contributed by atoms with E-state index in [2.05, 4.69) is 10.6 Å². The number of hydrogen-bond acceptors (Lipinski definition) is 6. The molecule has 0 spiro atoms. The first kappa shape index (κ1) is 32.3. The molecule has 0 aromatic heterocycles. The second-order valence-electron chi connectivity index (χ2n) is 13.4. The van der Waals surface area contributed by atoms with Gasteiger partial charge in [-0.2, -0.15) is 0 Å². The molecule has 0 unspecified atom stereocenters. The van der Waals surface area contributed by atoms with Gasteiger partial charge in [-0.25, -0.2) is 0 Å². The molecule has 4 rings (SSSR count). The molecule has 2 saturated heterocycles. The molecule has 0 bridgehead atoms. The fourth-order valence-electron chi connectivity index (χ4n) is 4.86. The maximum Gasteiger partial charge on any atom is 0.494 e. The highest BCUT2D eigenvalue weighted by molar-refractivity contribution is 6.62.